The van der Waals surface area contributed by atoms with Crippen LogP contribution in [0, 0.1) is 0 Å². The van der Waals surface area contributed by atoms with E-state index in [1.165, 1.54) is 6.07 Å². The van der Waals surface area contributed by atoms with Crippen molar-refractivity contribution < 1.29 is 9.90 Å². The molecule has 5 heteroatoms. The average molecular weight is 315 g/mol. The molecular formula is C19H13N3O2. The lowest BCUT2D eigenvalue weighted by molar-refractivity contribution is 0.0690. The first-order chi connectivity index (χ1) is 11.7. The number of fused-ring (bicyclic) bond motifs is 1. The van der Waals surface area contributed by atoms with E-state index in [4.69, 9.17) is 5.11 Å². The minimum absolute atomic E-state index is 0.0141. The standard InChI is InChI=1S/C19H13N3O2/c23-19(24)17-11-16-15(12-20-17)18(13-7-3-1-4-8-13)22(21-16)14-9-5-2-6-10-14/h1-12H,(H,23,24). The van der Waals surface area contributed by atoms with Crippen molar-refractivity contribution in [2.24, 2.45) is 0 Å². The van der Waals surface area contributed by atoms with Gasteiger partial charge in [-0.3, -0.25) is 0 Å². The van der Waals surface area contributed by atoms with Crippen LogP contribution in [0.5, 0.6) is 0 Å². The Bertz CT molecular complexity index is 1020. The summed E-state index contributed by atoms with van der Waals surface area (Å²) in [5.41, 5.74) is 3.38. The van der Waals surface area contributed by atoms with Crippen LogP contribution in [0.2, 0.25) is 0 Å². The number of aromatic carboxylic acids is 1. The van der Waals surface area contributed by atoms with Crippen molar-refractivity contribution in [2.45, 2.75) is 0 Å². The predicted molar refractivity (Wildman–Crippen MR) is 91.3 cm³/mol. The molecule has 1 N–H and O–H groups in total. The van der Waals surface area contributed by atoms with Gasteiger partial charge in [0.15, 0.2) is 0 Å². The number of aromatic nitrogens is 3. The molecule has 0 unspecified atom stereocenters. The van der Waals surface area contributed by atoms with Crippen molar-refractivity contribution in [3.05, 3.63) is 78.6 Å². The van der Waals surface area contributed by atoms with E-state index in [-0.39, 0.29) is 5.69 Å². The lowest BCUT2D eigenvalue weighted by Crippen LogP contribution is -1.99. The number of carboxylic acids is 1. The van der Waals surface area contributed by atoms with E-state index in [0.29, 0.717) is 5.52 Å². The number of carboxylic acid groups (broad SMARTS) is 1. The SMILES string of the molecule is O=C(O)c1cc2nn(-c3ccccc3)c(-c3ccccc3)c2cn1. The first-order valence-electron chi connectivity index (χ1n) is 7.47. The number of nitrogens with zero attached hydrogens (tertiary/aromatic N) is 3. The van der Waals surface area contributed by atoms with E-state index < -0.39 is 5.97 Å². The van der Waals surface area contributed by atoms with Gasteiger partial charge in [-0.15, -0.1) is 0 Å². The number of hydrogen-bond donors (Lipinski definition) is 1. The maximum atomic E-state index is 11.2. The molecule has 116 valence electrons. The normalized spacial score (nSPS) is 10.8. The molecule has 0 atom stereocenters. The van der Waals surface area contributed by atoms with Crippen molar-refractivity contribution in [2.75, 3.05) is 0 Å². The number of rotatable bonds is 3. The van der Waals surface area contributed by atoms with Crippen LogP contribution in [0.4, 0.5) is 0 Å². The lowest BCUT2D eigenvalue weighted by atomic mass is 10.1. The van der Waals surface area contributed by atoms with Crippen LogP contribution in [-0.4, -0.2) is 25.8 Å². The number of carbonyl (C=O) groups is 1. The molecule has 4 rings (SSSR count). The fraction of sp³-hybridized carbons (Fsp3) is 0. The molecule has 2 heterocycles. The van der Waals surface area contributed by atoms with E-state index >= 15 is 0 Å². The Labute approximate surface area is 137 Å². The topological polar surface area (TPSA) is 68.0 Å². The van der Waals surface area contributed by atoms with Crippen molar-refractivity contribution in [1.29, 1.82) is 0 Å². The van der Waals surface area contributed by atoms with Gasteiger partial charge in [-0.25, -0.2) is 14.5 Å². The summed E-state index contributed by atoms with van der Waals surface area (Å²) in [4.78, 5) is 15.2. The maximum absolute atomic E-state index is 11.2. The highest BCUT2D eigenvalue weighted by molar-refractivity contribution is 5.97. The monoisotopic (exact) mass is 315 g/mol. The van der Waals surface area contributed by atoms with Gasteiger partial charge < -0.3 is 5.11 Å². The molecule has 2 aromatic carbocycles. The second kappa shape index (κ2) is 5.62. The molecule has 0 amide bonds. The van der Waals surface area contributed by atoms with Crippen LogP contribution in [-0.2, 0) is 0 Å². The van der Waals surface area contributed by atoms with E-state index in [0.717, 1.165) is 22.3 Å². The first-order valence-corrected chi connectivity index (χ1v) is 7.47. The molecular weight excluding hydrogens is 302 g/mol. The Hall–Kier alpha value is -3.47. The highest BCUT2D eigenvalue weighted by atomic mass is 16.4. The van der Waals surface area contributed by atoms with Crippen molar-refractivity contribution >= 4 is 16.9 Å². The van der Waals surface area contributed by atoms with Gasteiger partial charge >= 0.3 is 5.97 Å². The van der Waals surface area contributed by atoms with Gasteiger partial charge in [0.2, 0.25) is 0 Å². The number of hydrogen-bond acceptors (Lipinski definition) is 3. The average Bonchev–Trinajstić information content (AvgIpc) is 3.01. The smallest absolute Gasteiger partial charge is 0.354 e. The molecule has 5 nitrogen and oxygen atoms in total. The van der Waals surface area contributed by atoms with Gasteiger partial charge in [0.05, 0.1) is 16.9 Å². The zero-order valence-electron chi connectivity index (χ0n) is 12.6. The van der Waals surface area contributed by atoms with Crippen LogP contribution < -0.4 is 0 Å². The largest absolute Gasteiger partial charge is 0.477 e. The maximum Gasteiger partial charge on any atom is 0.354 e. The third-order valence-electron chi connectivity index (χ3n) is 3.82. The molecule has 0 saturated heterocycles. The van der Waals surface area contributed by atoms with Crippen molar-refractivity contribution in [3.63, 3.8) is 0 Å². The Morgan fingerprint density at radius 3 is 2.29 bits per heavy atom. The van der Waals surface area contributed by atoms with Crippen LogP contribution in [0.25, 0.3) is 27.8 Å². The van der Waals surface area contributed by atoms with E-state index in [1.54, 1.807) is 6.20 Å². The van der Waals surface area contributed by atoms with Crippen LogP contribution in [0.15, 0.2) is 72.9 Å². The Morgan fingerprint density at radius 2 is 1.62 bits per heavy atom. The first kappa shape index (κ1) is 14.1. The van der Waals surface area contributed by atoms with Crippen molar-refractivity contribution in [3.8, 4) is 16.9 Å². The summed E-state index contributed by atoms with van der Waals surface area (Å²) in [5, 5.41) is 14.6. The summed E-state index contributed by atoms with van der Waals surface area (Å²) >= 11 is 0. The summed E-state index contributed by atoms with van der Waals surface area (Å²) in [6, 6.07) is 21.1. The van der Waals surface area contributed by atoms with Gasteiger partial charge in [0, 0.05) is 17.1 Å². The van der Waals surface area contributed by atoms with Gasteiger partial charge in [0.25, 0.3) is 0 Å². The minimum atomic E-state index is -1.06. The second-order valence-corrected chi connectivity index (χ2v) is 5.35. The molecule has 0 aliphatic heterocycles. The van der Waals surface area contributed by atoms with Crippen LogP contribution in [0.3, 0.4) is 0 Å². The van der Waals surface area contributed by atoms with Gasteiger partial charge in [-0.1, -0.05) is 48.5 Å². The second-order valence-electron chi connectivity index (χ2n) is 5.35. The molecule has 0 aliphatic carbocycles. The zero-order valence-corrected chi connectivity index (χ0v) is 12.6. The number of para-hydroxylation sites is 1. The molecule has 4 aromatic rings. The predicted octanol–water partition coefficient (Wildman–Crippen LogP) is 3.79. The van der Waals surface area contributed by atoms with Crippen LogP contribution in [0.1, 0.15) is 10.5 Å². The molecule has 0 spiro atoms. The van der Waals surface area contributed by atoms with Crippen molar-refractivity contribution in [1.82, 2.24) is 14.8 Å². The molecule has 0 radical (unpaired) electrons. The lowest BCUT2D eigenvalue weighted by Gasteiger charge is -2.07. The highest BCUT2D eigenvalue weighted by Crippen LogP contribution is 2.30. The summed E-state index contributed by atoms with van der Waals surface area (Å²) in [7, 11) is 0. The number of pyridine rings is 1. The molecule has 0 aliphatic rings. The van der Waals surface area contributed by atoms with E-state index in [9.17, 15) is 4.79 Å². The Kier molecular flexibility index (Phi) is 3.31. The Morgan fingerprint density at radius 1 is 0.958 bits per heavy atom. The van der Waals surface area contributed by atoms with E-state index in [1.807, 2.05) is 65.3 Å². The van der Waals surface area contributed by atoms with E-state index in [2.05, 4.69) is 10.1 Å². The molecule has 0 bridgehead atoms. The van der Waals surface area contributed by atoms with Crippen LogP contribution >= 0.6 is 0 Å². The molecule has 0 saturated carbocycles. The molecule has 0 fully saturated rings. The fourth-order valence-electron chi connectivity index (χ4n) is 2.73. The summed E-state index contributed by atoms with van der Waals surface area (Å²) < 4.78 is 1.83. The zero-order chi connectivity index (χ0) is 16.5. The van der Waals surface area contributed by atoms with Gasteiger partial charge in [-0.2, -0.15) is 5.10 Å². The Balaban J connectivity index is 2.04. The highest BCUT2D eigenvalue weighted by Gasteiger charge is 2.16. The molecule has 2 aromatic heterocycles. The quantitative estimate of drug-likeness (QED) is 0.624. The summed E-state index contributed by atoms with van der Waals surface area (Å²) in [5.74, 6) is -1.06. The third-order valence-corrected chi connectivity index (χ3v) is 3.82. The summed E-state index contributed by atoms with van der Waals surface area (Å²) in [6.45, 7) is 0. The molecule has 24 heavy (non-hydrogen) atoms. The summed E-state index contributed by atoms with van der Waals surface area (Å²) in [6.07, 6.45) is 1.58. The van der Waals surface area contributed by atoms with Gasteiger partial charge in [0.1, 0.15) is 5.69 Å². The van der Waals surface area contributed by atoms with Gasteiger partial charge in [-0.05, 0) is 18.2 Å². The minimum Gasteiger partial charge on any atom is -0.477 e. The fourth-order valence-corrected chi connectivity index (χ4v) is 2.73. The number of benzene rings is 2. The third kappa shape index (κ3) is 2.32.